The standard InChI is InChI=1S/C14H20ClN/c1-10-6-11(2)8-14(7-10)16-13-5-3-4-12(15)9-13/h3-5,9-11,14,16H,6-8H2,1-2H3. The van der Waals surface area contributed by atoms with Crippen LogP contribution in [0.1, 0.15) is 33.1 Å². The maximum absolute atomic E-state index is 5.98. The molecule has 0 heterocycles. The normalized spacial score (nSPS) is 30.1. The van der Waals surface area contributed by atoms with Gasteiger partial charge in [-0.3, -0.25) is 0 Å². The van der Waals surface area contributed by atoms with E-state index in [1.165, 1.54) is 19.3 Å². The van der Waals surface area contributed by atoms with Crippen LogP contribution in [0.25, 0.3) is 0 Å². The molecular weight excluding hydrogens is 218 g/mol. The van der Waals surface area contributed by atoms with Gasteiger partial charge in [-0.25, -0.2) is 0 Å². The quantitative estimate of drug-likeness (QED) is 0.794. The minimum absolute atomic E-state index is 0.609. The van der Waals surface area contributed by atoms with Crippen LogP contribution in [0.3, 0.4) is 0 Å². The van der Waals surface area contributed by atoms with Gasteiger partial charge in [0.05, 0.1) is 0 Å². The predicted molar refractivity (Wildman–Crippen MR) is 71.0 cm³/mol. The number of halogens is 1. The molecule has 2 atom stereocenters. The fourth-order valence-electron chi connectivity index (χ4n) is 2.88. The number of benzene rings is 1. The van der Waals surface area contributed by atoms with Crippen LogP contribution in [0.2, 0.25) is 5.02 Å². The van der Waals surface area contributed by atoms with E-state index < -0.39 is 0 Å². The van der Waals surface area contributed by atoms with E-state index in [1.807, 2.05) is 18.2 Å². The van der Waals surface area contributed by atoms with Gasteiger partial charge in [-0.15, -0.1) is 0 Å². The number of hydrogen-bond acceptors (Lipinski definition) is 1. The molecule has 0 spiro atoms. The number of hydrogen-bond donors (Lipinski definition) is 1. The highest BCUT2D eigenvalue weighted by Crippen LogP contribution is 2.30. The molecule has 88 valence electrons. The molecule has 1 aliphatic rings. The van der Waals surface area contributed by atoms with Gasteiger partial charge in [0.2, 0.25) is 0 Å². The van der Waals surface area contributed by atoms with Gasteiger partial charge >= 0.3 is 0 Å². The molecule has 2 unspecified atom stereocenters. The SMILES string of the molecule is CC1CC(C)CC(Nc2cccc(Cl)c2)C1. The highest BCUT2D eigenvalue weighted by Gasteiger charge is 2.23. The third-order valence-electron chi connectivity index (χ3n) is 3.37. The summed E-state index contributed by atoms with van der Waals surface area (Å²) in [5, 5.41) is 4.41. The van der Waals surface area contributed by atoms with Crippen molar-refractivity contribution in [3.8, 4) is 0 Å². The molecule has 0 aromatic heterocycles. The summed E-state index contributed by atoms with van der Waals surface area (Å²) in [5.74, 6) is 1.67. The minimum atomic E-state index is 0.609. The zero-order valence-electron chi connectivity index (χ0n) is 10.0. The molecular formula is C14H20ClN. The van der Waals surface area contributed by atoms with Gasteiger partial charge in [0.1, 0.15) is 0 Å². The molecule has 0 saturated heterocycles. The van der Waals surface area contributed by atoms with E-state index in [1.54, 1.807) is 0 Å². The number of nitrogens with one attached hydrogen (secondary N) is 1. The van der Waals surface area contributed by atoms with E-state index in [4.69, 9.17) is 11.6 Å². The molecule has 0 bridgehead atoms. The Morgan fingerprint density at radius 1 is 1.12 bits per heavy atom. The molecule has 1 N–H and O–H groups in total. The lowest BCUT2D eigenvalue weighted by Crippen LogP contribution is -2.30. The Hall–Kier alpha value is -0.690. The summed E-state index contributed by atoms with van der Waals surface area (Å²) in [6.07, 6.45) is 3.92. The summed E-state index contributed by atoms with van der Waals surface area (Å²) in [6.45, 7) is 4.70. The van der Waals surface area contributed by atoms with E-state index in [-0.39, 0.29) is 0 Å². The Kier molecular flexibility index (Phi) is 3.75. The summed E-state index contributed by atoms with van der Waals surface area (Å²) >= 11 is 5.98. The van der Waals surface area contributed by atoms with Crippen molar-refractivity contribution in [3.05, 3.63) is 29.3 Å². The molecule has 2 heteroatoms. The summed E-state index contributed by atoms with van der Waals surface area (Å²) in [7, 11) is 0. The van der Waals surface area contributed by atoms with Crippen LogP contribution in [0.15, 0.2) is 24.3 Å². The second kappa shape index (κ2) is 5.09. The zero-order chi connectivity index (χ0) is 11.5. The van der Waals surface area contributed by atoms with Crippen molar-refractivity contribution < 1.29 is 0 Å². The first-order chi connectivity index (χ1) is 7.63. The molecule has 2 rings (SSSR count). The van der Waals surface area contributed by atoms with Crippen LogP contribution in [0.4, 0.5) is 5.69 Å². The van der Waals surface area contributed by atoms with E-state index in [9.17, 15) is 0 Å². The summed E-state index contributed by atoms with van der Waals surface area (Å²) < 4.78 is 0. The molecule has 1 saturated carbocycles. The van der Waals surface area contributed by atoms with E-state index in [2.05, 4.69) is 25.2 Å². The van der Waals surface area contributed by atoms with Crippen molar-refractivity contribution in [2.45, 2.75) is 39.2 Å². The van der Waals surface area contributed by atoms with Gasteiger partial charge < -0.3 is 5.32 Å². The third-order valence-corrected chi connectivity index (χ3v) is 3.61. The van der Waals surface area contributed by atoms with Crippen molar-refractivity contribution in [1.29, 1.82) is 0 Å². The van der Waals surface area contributed by atoms with Gasteiger partial charge in [0.15, 0.2) is 0 Å². The molecule has 1 aromatic carbocycles. The van der Waals surface area contributed by atoms with Crippen LogP contribution < -0.4 is 5.32 Å². The van der Waals surface area contributed by atoms with Crippen molar-refractivity contribution in [1.82, 2.24) is 0 Å². The van der Waals surface area contributed by atoms with Crippen LogP contribution in [0.5, 0.6) is 0 Å². The summed E-state index contributed by atoms with van der Waals surface area (Å²) in [6, 6.07) is 8.62. The molecule has 1 aliphatic carbocycles. The topological polar surface area (TPSA) is 12.0 Å². The lowest BCUT2D eigenvalue weighted by molar-refractivity contribution is 0.281. The number of rotatable bonds is 2. The average Bonchev–Trinajstić information content (AvgIpc) is 2.15. The monoisotopic (exact) mass is 237 g/mol. The summed E-state index contributed by atoms with van der Waals surface area (Å²) in [4.78, 5) is 0. The molecule has 1 aromatic rings. The summed E-state index contributed by atoms with van der Waals surface area (Å²) in [5.41, 5.74) is 1.15. The highest BCUT2D eigenvalue weighted by molar-refractivity contribution is 6.30. The Labute approximate surface area is 103 Å². The smallest absolute Gasteiger partial charge is 0.0426 e. The van der Waals surface area contributed by atoms with Crippen LogP contribution >= 0.6 is 11.6 Å². The van der Waals surface area contributed by atoms with Crippen LogP contribution in [-0.2, 0) is 0 Å². The zero-order valence-corrected chi connectivity index (χ0v) is 10.8. The molecule has 1 fully saturated rings. The van der Waals surface area contributed by atoms with Crippen molar-refractivity contribution in [2.75, 3.05) is 5.32 Å². The van der Waals surface area contributed by atoms with Crippen LogP contribution in [0, 0.1) is 11.8 Å². The van der Waals surface area contributed by atoms with E-state index >= 15 is 0 Å². The molecule has 1 nitrogen and oxygen atoms in total. The first kappa shape index (κ1) is 11.8. The maximum atomic E-state index is 5.98. The van der Waals surface area contributed by atoms with Gasteiger partial charge in [-0.05, 0) is 49.3 Å². The Balaban J connectivity index is 1.98. The predicted octanol–water partition coefficient (Wildman–Crippen LogP) is 4.58. The van der Waals surface area contributed by atoms with Crippen molar-refractivity contribution in [3.63, 3.8) is 0 Å². The molecule has 16 heavy (non-hydrogen) atoms. The second-order valence-electron chi connectivity index (χ2n) is 5.27. The van der Waals surface area contributed by atoms with Gasteiger partial charge in [0, 0.05) is 16.8 Å². The molecule has 0 amide bonds. The van der Waals surface area contributed by atoms with Crippen LogP contribution in [-0.4, -0.2) is 6.04 Å². The van der Waals surface area contributed by atoms with Gasteiger partial charge in [-0.1, -0.05) is 31.5 Å². The minimum Gasteiger partial charge on any atom is -0.382 e. The average molecular weight is 238 g/mol. The maximum Gasteiger partial charge on any atom is 0.0426 e. The fraction of sp³-hybridized carbons (Fsp3) is 0.571. The Morgan fingerprint density at radius 3 is 2.44 bits per heavy atom. The largest absolute Gasteiger partial charge is 0.382 e. The third kappa shape index (κ3) is 3.15. The highest BCUT2D eigenvalue weighted by atomic mass is 35.5. The molecule has 0 radical (unpaired) electrons. The molecule has 0 aliphatic heterocycles. The Bertz CT molecular complexity index is 340. The lowest BCUT2D eigenvalue weighted by atomic mass is 9.80. The van der Waals surface area contributed by atoms with Crippen molar-refractivity contribution >= 4 is 17.3 Å². The van der Waals surface area contributed by atoms with E-state index in [0.717, 1.165) is 22.5 Å². The van der Waals surface area contributed by atoms with Crippen molar-refractivity contribution in [2.24, 2.45) is 11.8 Å². The fourth-order valence-corrected chi connectivity index (χ4v) is 3.07. The first-order valence-electron chi connectivity index (χ1n) is 6.15. The lowest BCUT2D eigenvalue weighted by Gasteiger charge is -2.32. The first-order valence-corrected chi connectivity index (χ1v) is 6.53. The second-order valence-corrected chi connectivity index (χ2v) is 5.71. The van der Waals surface area contributed by atoms with Gasteiger partial charge in [-0.2, -0.15) is 0 Å². The van der Waals surface area contributed by atoms with E-state index in [0.29, 0.717) is 6.04 Å². The Morgan fingerprint density at radius 2 is 1.81 bits per heavy atom. The number of anilines is 1. The van der Waals surface area contributed by atoms with Gasteiger partial charge in [0.25, 0.3) is 0 Å².